The molecule has 4 rings (SSSR count). The fourth-order valence-corrected chi connectivity index (χ4v) is 3.67. The van der Waals surface area contributed by atoms with Gasteiger partial charge in [-0.1, -0.05) is 36.4 Å². The van der Waals surface area contributed by atoms with Gasteiger partial charge in [0.1, 0.15) is 0 Å². The lowest BCUT2D eigenvalue weighted by Gasteiger charge is -2.31. The molecule has 0 unspecified atom stereocenters. The van der Waals surface area contributed by atoms with Crippen molar-refractivity contribution in [2.24, 2.45) is 5.92 Å². The Morgan fingerprint density at radius 1 is 0.931 bits per heavy atom. The number of nitrogens with zero attached hydrogens (tertiary/aromatic N) is 3. The summed E-state index contributed by atoms with van der Waals surface area (Å²) in [7, 11) is 0. The molecular formula is C24H26N4O. The van der Waals surface area contributed by atoms with E-state index in [1.165, 1.54) is 11.1 Å². The van der Waals surface area contributed by atoms with Gasteiger partial charge < -0.3 is 10.2 Å². The van der Waals surface area contributed by atoms with Crippen LogP contribution in [-0.2, 0) is 4.79 Å². The number of anilines is 2. The average molecular weight is 386 g/mol. The summed E-state index contributed by atoms with van der Waals surface area (Å²) in [5, 5.41) is 3.07. The summed E-state index contributed by atoms with van der Waals surface area (Å²) in [5.41, 5.74) is 5.42. The summed E-state index contributed by atoms with van der Waals surface area (Å²) in [6.07, 6.45) is 5.35. The van der Waals surface area contributed by atoms with Gasteiger partial charge in [0.25, 0.3) is 0 Å². The molecule has 0 aliphatic carbocycles. The van der Waals surface area contributed by atoms with Gasteiger partial charge in [0.2, 0.25) is 11.9 Å². The van der Waals surface area contributed by atoms with Crippen molar-refractivity contribution >= 4 is 17.5 Å². The van der Waals surface area contributed by atoms with Crippen molar-refractivity contribution in [1.29, 1.82) is 0 Å². The summed E-state index contributed by atoms with van der Waals surface area (Å²) in [6, 6.07) is 16.2. The SMILES string of the molecule is Cc1ccc(NC(=O)C2CCN(c3ncc(-c4ccccc4)cn3)CC2)cc1C. The number of aromatic nitrogens is 2. The summed E-state index contributed by atoms with van der Waals surface area (Å²) in [4.78, 5) is 23.9. The molecule has 29 heavy (non-hydrogen) atoms. The first-order valence-corrected chi connectivity index (χ1v) is 10.1. The molecule has 1 fully saturated rings. The van der Waals surface area contributed by atoms with Crippen molar-refractivity contribution in [2.75, 3.05) is 23.3 Å². The summed E-state index contributed by atoms with van der Waals surface area (Å²) in [5.74, 6) is 0.863. The topological polar surface area (TPSA) is 58.1 Å². The monoisotopic (exact) mass is 386 g/mol. The van der Waals surface area contributed by atoms with Crippen LogP contribution in [0.2, 0.25) is 0 Å². The molecule has 148 valence electrons. The van der Waals surface area contributed by atoms with E-state index in [1.807, 2.05) is 48.8 Å². The Hall–Kier alpha value is -3.21. The maximum Gasteiger partial charge on any atom is 0.227 e. The molecule has 0 saturated carbocycles. The van der Waals surface area contributed by atoms with Crippen molar-refractivity contribution in [3.63, 3.8) is 0 Å². The number of rotatable bonds is 4. The predicted octanol–water partition coefficient (Wildman–Crippen LogP) is 4.62. The highest BCUT2D eigenvalue weighted by Crippen LogP contribution is 2.24. The number of benzene rings is 2. The van der Waals surface area contributed by atoms with Crippen LogP contribution in [0.4, 0.5) is 11.6 Å². The number of piperidine rings is 1. The second-order valence-electron chi connectivity index (χ2n) is 7.69. The third-order valence-corrected chi connectivity index (χ3v) is 5.67. The molecule has 0 atom stereocenters. The van der Waals surface area contributed by atoms with Crippen LogP contribution < -0.4 is 10.2 Å². The zero-order chi connectivity index (χ0) is 20.2. The zero-order valence-electron chi connectivity index (χ0n) is 16.9. The van der Waals surface area contributed by atoms with Crippen molar-refractivity contribution in [2.45, 2.75) is 26.7 Å². The summed E-state index contributed by atoms with van der Waals surface area (Å²) < 4.78 is 0. The van der Waals surface area contributed by atoms with Crippen LogP contribution in [0, 0.1) is 19.8 Å². The Kier molecular flexibility index (Phi) is 5.56. The lowest BCUT2D eigenvalue weighted by atomic mass is 9.96. The van der Waals surface area contributed by atoms with Gasteiger partial charge in [-0.3, -0.25) is 4.79 Å². The molecule has 1 saturated heterocycles. The molecule has 0 bridgehead atoms. The second kappa shape index (κ2) is 8.43. The third-order valence-electron chi connectivity index (χ3n) is 5.67. The lowest BCUT2D eigenvalue weighted by molar-refractivity contribution is -0.120. The lowest BCUT2D eigenvalue weighted by Crippen LogP contribution is -2.39. The molecule has 1 N–H and O–H groups in total. The highest BCUT2D eigenvalue weighted by Gasteiger charge is 2.26. The molecule has 1 aliphatic rings. The molecule has 0 radical (unpaired) electrons. The zero-order valence-corrected chi connectivity index (χ0v) is 16.9. The van der Waals surface area contributed by atoms with Gasteiger partial charge >= 0.3 is 0 Å². The largest absolute Gasteiger partial charge is 0.341 e. The van der Waals surface area contributed by atoms with Gasteiger partial charge in [-0.25, -0.2) is 9.97 Å². The van der Waals surface area contributed by atoms with Gasteiger partial charge in [0.05, 0.1) is 0 Å². The smallest absolute Gasteiger partial charge is 0.227 e. The van der Waals surface area contributed by atoms with Crippen LogP contribution in [0.5, 0.6) is 0 Å². The number of nitrogens with one attached hydrogen (secondary N) is 1. The molecule has 1 aliphatic heterocycles. The second-order valence-corrected chi connectivity index (χ2v) is 7.69. The number of hydrogen-bond acceptors (Lipinski definition) is 4. The Morgan fingerprint density at radius 2 is 1.62 bits per heavy atom. The first-order valence-electron chi connectivity index (χ1n) is 10.1. The molecule has 1 aromatic heterocycles. The highest BCUT2D eigenvalue weighted by atomic mass is 16.1. The first kappa shape index (κ1) is 19.1. The molecule has 5 nitrogen and oxygen atoms in total. The summed E-state index contributed by atoms with van der Waals surface area (Å²) in [6.45, 7) is 5.71. The van der Waals surface area contributed by atoms with Crippen molar-refractivity contribution in [1.82, 2.24) is 9.97 Å². The summed E-state index contributed by atoms with van der Waals surface area (Å²) >= 11 is 0. The van der Waals surface area contributed by atoms with Crippen LogP contribution >= 0.6 is 0 Å². The molecule has 1 amide bonds. The van der Waals surface area contributed by atoms with Gasteiger partial charge in [0.15, 0.2) is 0 Å². The number of carbonyl (C=O) groups is 1. The van der Waals surface area contributed by atoms with E-state index < -0.39 is 0 Å². The number of aryl methyl sites for hydroxylation is 2. The molecule has 5 heteroatoms. The minimum absolute atomic E-state index is 0.0245. The predicted molar refractivity (Wildman–Crippen MR) is 117 cm³/mol. The third kappa shape index (κ3) is 4.45. The molecule has 0 spiro atoms. The van der Waals surface area contributed by atoms with E-state index in [0.717, 1.165) is 48.7 Å². The van der Waals surface area contributed by atoms with Gasteiger partial charge in [0, 0.05) is 42.7 Å². The number of carbonyl (C=O) groups excluding carboxylic acids is 1. The van der Waals surface area contributed by atoms with E-state index in [1.54, 1.807) is 0 Å². The van der Waals surface area contributed by atoms with Crippen LogP contribution in [0.15, 0.2) is 60.9 Å². The standard InChI is InChI=1S/C24H26N4O/c1-17-8-9-22(14-18(17)2)27-23(29)20-10-12-28(13-11-20)24-25-15-21(16-26-24)19-6-4-3-5-7-19/h3-9,14-16,20H,10-13H2,1-2H3,(H,27,29). The Labute approximate surface area is 171 Å². The van der Waals surface area contributed by atoms with Crippen LogP contribution in [-0.4, -0.2) is 29.0 Å². The van der Waals surface area contributed by atoms with Crippen molar-refractivity contribution < 1.29 is 4.79 Å². The molecule has 2 aromatic carbocycles. The number of hydrogen-bond donors (Lipinski definition) is 1. The quantitative estimate of drug-likeness (QED) is 0.711. The van der Waals surface area contributed by atoms with E-state index in [0.29, 0.717) is 0 Å². The fraction of sp³-hybridized carbons (Fsp3) is 0.292. The highest BCUT2D eigenvalue weighted by molar-refractivity contribution is 5.92. The first-order chi connectivity index (χ1) is 14.1. The van der Waals surface area contributed by atoms with E-state index in [4.69, 9.17) is 0 Å². The van der Waals surface area contributed by atoms with Crippen molar-refractivity contribution in [3.05, 3.63) is 72.1 Å². The van der Waals surface area contributed by atoms with E-state index >= 15 is 0 Å². The molecule has 3 aromatic rings. The van der Waals surface area contributed by atoms with Crippen LogP contribution in [0.1, 0.15) is 24.0 Å². The Bertz CT molecular complexity index is 978. The average Bonchev–Trinajstić information content (AvgIpc) is 2.77. The normalized spacial score (nSPS) is 14.6. The van der Waals surface area contributed by atoms with Crippen LogP contribution in [0.25, 0.3) is 11.1 Å². The van der Waals surface area contributed by atoms with E-state index in [2.05, 4.69) is 46.2 Å². The van der Waals surface area contributed by atoms with Gasteiger partial charge in [-0.15, -0.1) is 0 Å². The molecule has 2 heterocycles. The van der Waals surface area contributed by atoms with E-state index in [9.17, 15) is 4.79 Å². The van der Waals surface area contributed by atoms with Gasteiger partial charge in [-0.2, -0.15) is 0 Å². The van der Waals surface area contributed by atoms with E-state index in [-0.39, 0.29) is 11.8 Å². The maximum atomic E-state index is 12.6. The maximum absolute atomic E-state index is 12.6. The minimum Gasteiger partial charge on any atom is -0.341 e. The number of amides is 1. The minimum atomic E-state index is 0.0245. The fourth-order valence-electron chi connectivity index (χ4n) is 3.67. The Morgan fingerprint density at radius 3 is 2.28 bits per heavy atom. The molecular weight excluding hydrogens is 360 g/mol. The van der Waals surface area contributed by atoms with Crippen molar-refractivity contribution in [3.8, 4) is 11.1 Å². The van der Waals surface area contributed by atoms with Gasteiger partial charge in [-0.05, 0) is 55.5 Å². The van der Waals surface area contributed by atoms with Crippen LogP contribution in [0.3, 0.4) is 0 Å². The Balaban J connectivity index is 1.34.